The van der Waals surface area contributed by atoms with Crippen LogP contribution in [0.15, 0.2) is 41.3 Å². The Labute approximate surface area is 264 Å². The highest BCUT2D eigenvalue weighted by Crippen LogP contribution is 2.52. The predicted octanol–water partition coefficient (Wildman–Crippen LogP) is 4.58. The molecule has 2 aromatic rings. The highest BCUT2D eigenvalue weighted by molar-refractivity contribution is 7.89. The molecule has 246 valence electrons. The summed E-state index contributed by atoms with van der Waals surface area (Å²) in [6.07, 6.45) is -2.78. The van der Waals surface area contributed by atoms with Crippen molar-refractivity contribution in [3.63, 3.8) is 0 Å². The summed E-state index contributed by atoms with van der Waals surface area (Å²) in [5, 5.41) is 11.2. The Bertz CT molecular complexity index is 1590. The van der Waals surface area contributed by atoms with Gasteiger partial charge in [-0.1, -0.05) is 26.8 Å². The molecule has 3 aliphatic heterocycles. The smallest absolute Gasteiger partial charge is 0.269 e. The molecule has 4 aliphatic rings. The van der Waals surface area contributed by atoms with Crippen molar-refractivity contribution in [3.8, 4) is 17.2 Å². The molecule has 2 saturated heterocycles. The van der Waals surface area contributed by atoms with E-state index in [-0.39, 0.29) is 29.0 Å². The molecular weight excluding hydrogens is 624 g/mol. The molecule has 6 rings (SSSR count). The van der Waals surface area contributed by atoms with E-state index in [1.165, 1.54) is 35.7 Å². The van der Waals surface area contributed by atoms with Gasteiger partial charge < -0.3 is 32.8 Å². The lowest BCUT2D eigenvalue weighted by Crippen LogP contribution is -2.62. The quantitative estimate of drug-likeness (QED) is 0.160. The van der Waals surface area contributed by atoms with Gasteiger partial charge in [-0.25, -0.2) is 8.42 Å². The van der Waals surface area contributed by atoms with E-state index < -0.39 is 65.6 Å². The van der Waals surface area contributed by atoms with E-state index in [9.17, 15) is 18.5 Å². The Hall–Kier alpha value is -2.79. The van der Waals surface area contributed by atoms with E-state index in [1.807, 2.05) is 0 Å². The highest BCUT2D eigenvalue weighted by atomic mass is 32.2. The number of hydrogen-bond donors (Lipinski definition) is 0. The van der Waals surface area contributed by atoms with Gasteiger partial charge in [-0.3, -0.25) is 10.1 Å². The van der Waals surface area contributed by atoms with Crippen LogP contribution in [0.4, 0.5) is 5.69 Å². The summed E-state index contributed by atoms with van der Waals surface area (Å²) in [6.45, 7) is 14.2. The number of fused-ring (bicyclic) bond motifs is 3. The van der Waals surface area contributed by atoms with Gasteiger partial charge in [0, 0.05) is 24.2 Å². The second-order valence-electron chi connectivity index (χ2n) is 13.8. The molecule has 0 radical (unpaired) electrons. The molecule has 45 heavy (non-hydrogen) atoms. The fourth-order valence-corrected chi connectivity index (χ4v) is 9.02. The maximum absolute atomic E-state index is 14.6. The van der Waals surface area contributed by atoms with Crippen molar-refractivity contribution in [2.24, 2.45) is 0 Å². The van der Waals surface area contributed by atoms with E-state index in [2.05, 4.69) is 33.9 Å². The van der Waals surface area contributed by atoms with Crippen molar-refractivity contribution in [3.05, 3.63) is 52.1 Å². The average molecular weight is 665 g/mol. The first kappa shape index (κ1) is 32.2. The van der Waals surface area contributed by atoms with Gasteiger partial charge >= 0.3 is 0 Å². The summed E-state index contributed by atoms with van der Waals surface area (Å²) in [5.41, 5.74) is 0.306. The Morgan fingerprint density at radius 2 is 1.69 bits per heavy atom. The minimum absolute atomic E-state index is 0.0137. The molecule has 0 aromatic heterocycles. The number of epoxide rings is 1. The zero-order valence-electron chi connectivity index (χ0n) is 26.6. The van der Waals surface area contributed by atoms with E-state index in [0.29, 0.717) is 22.8 Å². The van der Waals surface area contributed by atoms with Crippen LogP contribution in [0.5, 0.6) is 17.2 Å². The van der Waals surface area contributed by atoms with Crippen molar-refractivity contribution in [1.29, 1.82) is 0 Å². The summed E-state index contributed by atoms with van der Waals surface area (Å²) < 4.78 is 73.4. The number of methoxy groups -OCH3 is 1. The third kappa shape index (κ3) is 5.62. The van der Waals surface area contributed by atoms with Gasteiger partial charge in [-0.05, 0) is 50.2 Å². The average Bonchev–Trinajstić information content (AvgIpc) is 3.46. The largest absolute Gasteiger partial charge is 0.492 e. The summed E-state index contributed by atoms with van der Waals surface area (Å²) in [5.74, 6) is 0.203. The summed E-state index contributed by atoms with van der Waals surface area (Å²) in [4.78, 5) is 10.6. The molecule has 1 aliphatic carbocycles. The van der Waals surface area contributed by atoms with Crippen molar-refractivity contribution in [2.75, 3.05) is 13.9 Å². The van der Waals surface area contributed by atoms with Gasteiger partial charge in [0.05, 0.1) is 23.0 Å². The molecule has 15 heteroatoms. The fourth-order valence-electron chi connectivity index (χ4n) is 6.09. The van der Waals surface area contributed by atoms with Crippen LogP contribution >= 0.6 is 0 Å². The molecule has 0 amide bonds. The van der Waals surface area contributed by atoms with Gasteiger partial charge in [-0.15, -0.1) is 0 Å². The molecule has 2 aromatic carbocycles. The fraction of sp³-hybridized carbons (Fsp3) is 0.600. The topological polar surface area (TPSA) is 148 Å². The van der Waals surface area contributed by atoms with E-state index in [0.717, 1.165) is 0 Å². The number of nitrogens with zero attached hydrogens (tertiary/aromatic N) is 2. The third-order valence-corrected chi connectivity index (χ3v) is 15.7. The Balaban J connectivity index is 1.44. The van der Waals surface area contributed by atoms with Gasteiger partial charge in [-0.2, -0.15) is 4.31 Å². The third-order valence-electron chi connectivity index (χ3n) is 9.37. The predicted molar refractivity (Wildman–Crippen MR) is 163 cm³/mol. The SMILES string of the molecule is COc1c(CN([C@H]2[C@@H]3OC(C)(C)O[C@@H]3[C@@H](O[Si](C)(C)C(C)(C)C)[C@@H]3O[C@@H]32)S(=O)(=O)c2ccc([N+](=O)[O-])cc2)ccc2c1OCO2. The van der Waals surface area contributed by atoms with Gasteiger partial charge in [0.2, 0.25) is 22.6 Å². The van der Waals surface area contributed by atoms with Crippen LogP contribution in [0.1, 0.15) is 40.2 Å². The summed E-state index contributed by atoms with van der Waals surface area (Å²) >= 11 is 0. The Morgan fingerprint density at radius 1 is 1.02 bits per heavy atom. The number of nitro benzene ring substituents is 1. The van der Waals surface area contributed by atoms with Crippen molar-refractivity contribution >= 4 is 24.0 Å². The zero-order valence-corrected chi connectivity index (χ0v) is 28.5. The summed E-state index contributed by atoms with van der Waals surface area (Å²) in [6, 6.07) is 7.44. The number of benzene rings is 2. The molecule has 3 heterocycles. The zero-order chi connectivity index (χ0) is 32.7. The number of hydrogen-bond acceptors (Lipinski definition) is 11. The van der Waals surface area contributed by atoms with Crippen LogP contribution in [0.25, 0.3) is 0 Å². The molecule has 0 spiro atoms. The molecule has 0 bridgehead atoms. The lowest BCUT2D eigenvalue weighted by Gasteiger charge is -2.44. The second kappa shape index (κ2) is 10.9. The van der Waals surface area contributed by atoms with Crippen molar-refractivity contribution in [1.82, 2.24) is 4.31 Å². The molecule has 13 nitrogen and oxygen atoms in total. The van der Waals surface area contributed by atoms with Gasteiger partial charge in [0.15, 0.2) is 25.6 Å². The first-order valence-corrected chi connectivity index (χ1v) is 19.2. The second-order valence-corrected chi connectivity index (χ2v) is 20.4. The van der Waals surface area contributed by atoms with E-state index in [1.54, 1.807) is 26.0 Å². The number of rotatable bonds is 9. The van der Waals surface area contributed by atoms with Crippen LogP contribution in [0.2, 0.25) is 18.1 Å². The Morgan fingerprint density at radius 3 is 2.31 bits per heavy atom. The van der Waals surface area contributed by atoms with Crippen LogP contribution in [0, 0.1) is 10.1 Å². The van der Waals surface area contributed by atoms with Crippen LogP contribution < -0.4 is 14.2 Å². The molecule has 6 atom stereocenters. The number of ether oxygens (including phenoxy) is 6. The molecule has 1 saturated carbocycles. The van der Waals surface area contributed by atoms with Crippen molar-refractivity contribution < 1.29 is 46.2 Å². The maximum atomic E-state index is 14.6. The lowest BCUT2D eigenvalue weighted by atomic mass is 9.87. The standard InChI is InChI=1S/C30H40N2O11SSi/c1-29(2,3)45(7,8)43-28-26-24(40-26)21(25-27(28)42-30(4,5)41-25)31(44(35,36)19-12-10-18(11-13-19)32(33)34)15-17-9-14-20-23(22(17)37-6)39-16-38-20/h9-14,21,24-28H,15-16H2,1-8H3/t21-,24-,25+,26-,27+,28+/m1/s1. The van der Waals surface area contributed by atoms with Crippen LogP contribution in [-0.2, 0) is 35.2 Å². The van der Waals surface area contributed by atoms with Crippen LogP contribution in [-0.4, -0.2) is 82.2 Å². The summed E-state index contributed by atoms with van der Waals surface area (Å²) in [7, 11) is -5.12. The minimum Gasteiger partial charge on any atom is -0.492 e. The van der Waals surface area contributed by atoms with Crippen molar-refractivity contribution in [2.45, 2.75) is 107 Å². The molecule has 0 N–H and O–H groups in total. The van der Waals surface area contributed by atoms with E-state index in [4.69, 9.17) is 32.8 Å². The minimum atomic E-state index is -4.30. The monoisotopic (exact) mass is 664 g/mol. The maximum Gasteiger partial charge on any atom is 0.269 e. The Kier molecular flexibility index (Phi) is 7.78. The van der Waals surface area contributed by atoms with Gasteiger partial charge in [0.1, 0.15) is 30.5 Å². The molecular formula is C30H40N2O11SSi. The number of non-ortho nitro benzene ring substituents is 1. The van der Waals surface area contributed by atoms with E-state index >= 15 is 0 Å². The molecule has 0 unspecified atom stereocenters. The highest BCUT2D eigenvalue weighted by Gasteiger charge is 2.69. The molecule has 3 fully saturated rings. The first-order chi connectivity index (χ1) is 20.9. The number of sulfonamides is 1. The van der Waals surface area contributed by atoms with Crippen LogP contribution in [0.3, 0.4) is 0 Å². The lowest BCUT2D eigenvalue weighted by molar-refractivity contribution is -0.384. The first-order valence-electron chi connectivity index (χ1n) is 14.9. The normalized spacial score (nSPS) is 28.5. The number of nitro groups is 1. The van der Waals surface area contributed by atoms with Gasteiger partial charge in [0.25, 0.3) is 5.69 Å².